The summed E-state index contributed by atoms with van der Waals surface area (Å²) in [5.74, 6) is -0.413. The summed E-state index contributed by atoms with van der Waals surface area (Å²) in [5, 5.41) is 7.99. The van der Waals surface area contributed by atoms with E-state index in [-0.39, 0.29) is 11.7 Å². The first-order valence-electron chi connectivity index (χ1n) is 10.3. The number of nitrogens with zero attached hydrogens (tertiary/aromatic N) is 4. The molecule has 162 valence electrons. The van der Waals surface area contributed by atoms with Crippen molar-refractivity contribution in [1.29, 1.82) is 0 Å². The standard InChI is InChI=1S/C23H20FN5O3/c1-2-17-13-28(23(31)32-17)16-7-8-18(19(24)11-16)15-5-3-14(4-6-15)12-29-20-9-10-25-22(30)21(20)26-27-29/h3-11,17H,2,12-13H2,1H3,(H,25,30)/t17-/m0/s1. The van der Waals surface area contributed by atoms with Crippen molar-refractivity contribution in [3.8, 4) is 11.1 Å². The zero-order valence-corrected chi connectivity index (χ0v) is 17.3. The highest BCUT2D eigenvalue weighted by Gasteiger charge is 2.31. The molecule has 1 saturated heterocycles. The Labute approximate surface area is 182 Å². The second kappa shape index (κ2) is 7.92. The van der Waals surface area contributed by atoms with E-state index >= 15 is 0 Å². The molecular formula is C23H20FN5O3. The number of ether oxygens (including phenoxy) is 1. The largest absolute Gasteiger partial charge is 0.444 e. The van der Waals surface area contributed by atoms with Crippen LogP contribution in [0.2, 0.25) is 0 Å². The van der Waals surface area contributed by atoms with Gasteiger partial charge in [0, 0.05) is 11.8 Å². The maximum atomic E-state index is 14.9. The molecular weight excluding hydrogens is 413 g/mol. The van der Waals surface area contributed by atoms with E-state index < -0.39 is 11.9 Å². The topological polar surface area (TPSA) is 93.1 Å². The Morgan fingerprint density at radius 1 is 1.16 bits per heavy atom. The average Bonchev–Trinajstić information content (AvgIpc) is 3.38. The lowest BCUT2D eigenvalue weighted by molar-refractivity contribution is 0.139. The van der Waals surface area contributed by atoms with Gasteiger partial charge in [0.25, 0.3) is 5.56 Å². The molecule has 0 spiro atoms. The number of cyclic esters (lactones) is 1. The lowest BCUT2D eigenvalue weighted by Gasteiger charge is -2.14. The van der Waals surface area contributed by atoms with Crippen LogP contribution in [0.5, 0.6) is 0 Å². The van der Waals surface area contributed by atoms with E-state index in [1.807, 2.05) is 31.2 Å². The van der Waals surface area contributed by atoms with Gasteiger partial charge in [0.05, 0.1) is 24.3 Å². The van der Waals surface area contributed by atoms with E-state index in [0.29, 0.717) is 40.9 Å². The van der Waals surface area contributed by atoms with Gasteiger partial charge in [-0.05, 0) is 41.8 Å². The van der Waals surface area contributed by atoms with Gasteiger partial charge in [-0.3, -0.25) is 9.69 Å². The van der Waals surface area contributed by atoms with Crippen LogP contribution >= 0.6 is 0 Å². The van der Waals surface area contributed by atoms with Crippen LogP contribution in [0.4, 0.5) is 14.9 Å². The molecule has 0 bridgehead atoms. The monoisotopic (exact) mass is 433 g/mol. The maximum absolute atomic E-state index is 14.9. The molecule has 32 heavy (non-hydrogen) atoms. The third-order valence-corrected chi connectivity index (χ3v) is 5.64. The van der Waals surface area contributed by atoms with Crippen molar-refractivity contribution in [2.45, 2.75) is 26.0 Å². The van der Waals surface area contributed by atoms with Crippen molar-refractivity contribution in [2.24, 2.45) is 0 Å². The zero-order chi connectivity index (χ0) is 22.2. The number of carbonyl (C=O) groups excluding carboxylic acids is 1. The predicted octanol–water partition coefficient (Wildman–Crippen LogP) is 3.71. The Morgan fingerprint density at radius 3 is 2.69 bits per heavy atom. The zero-order valence-electron chi connectivity index (χ0n) is 17.3. The summed E-state index contributed by atoms with van der Waals surface area (Å²) < 4.78 is 21.8. The molecule has 2 aromatic carbocycles. The van der Waals surface area contributed by atoms with Crippen LogP contribution in [0.25, 0.3) is 22.2 Å². The quantitative estimate of drug-likeness (QED) is 0.518. The van der Waals surface area contributed by atoms with Crippen LogP contribution in [0.15, 0.2) is 59.5 Å². The first-order valence-corrected chi connectivity index (χ1v) is 10.3. The van der Waals surface area contributed by atoms with Gasteiger partial charge < -0.3 is 9.72 Å². The Kier molecular flexibility index (Phi) is 4.93. The summed E-state index contributed by atoms with van der Waals surface area (Å²) in [6.07, 6.45) is 1.66. The van der Waals surface area contributed by atoms with Crippen LogP contribution in [0, 0.1) is 5.82 Å². The minimum absolute atomic E-state index is 0.168. The number of aromatic nitrogens is 4. The smallest absolute Gasteiger partial charge is 0.414 e. The van der Waals surface area contributed by atoms with E-state index in [1.165, 1.54) is 11.0 Å². The summed E-state index contributed by atoms with van der Waals surface area (Å²) in [6.45, 7) is 2.79. The fourth-order valence-corrected chi connectivity index (χ4v) is 3.84. The highest BCUT2D eigenvalue weighted by molar-refractivity contribution is 5.90. The number of H-pyrrole nitrogens is 1. The van der Waals surface area contributed by atoms with Gasteiger partial charge in [-0.1, -0.05) is 36.4 Å². The molecule has 1 aliphatic heterocycles. The summed E-state index contributed by atoms with van der Waals surface area (Å²) >= 11 is 0. The number of pyridine rings is 1. The molecule has 1 fully saturated rings. The highest BCUT2D eigenvalue weighted by atomic mass is 19.1. The van der Waals surface area contributed by atoms with Crippen LogP contribution in [-0.4, -0.2) is 38.7 Å². The summed E-state index contributed by atoms with van der Waals surface area (Å²) in [5.41, 5.74) is 3.23. The van der Waals surface area contributed by atoms with E-state index in [4.69, 9.17) is 4.74 Å². The number of nitrogens with one attached hydrogen (secondary N) is 1. The van der Waals surface area contributed by atoms with Crippen molar-refractivity contribution in [1.82, 2.24) is 20.0 Å². The molecule has 0 radical (unpaired) electrons. The fourth-order valence-electron chi connectivity index (χ4n) is 3.84. The van der Waals surface area contributed by atoms with Crippen molar-refractivity contribution < 1.29 is 13.9 Å². The summed E-state index contributed by atoms with van der Waals surface area (Å²) in [6, 6.07) is 13.9. The van der Waals surface area contributed by atoms with Crippen molar-refractivity contribution in [3.63, 3.8) is 0 Å². The maximum Gasteiger partial charge on any atom is 0.414 e. The molecule has 4 aromatic rings. The number of halogens is 1. The van der Waals surface area contributed by atoms with E-state index in [0.717, 1.165) is 12.0 Å². The second-order valence-electron chi connectivity index (χ2n) is 7.67. The molecule has 0 aliphatic carbocycles. The van der Waals surface area contributed by atoms with Crippen molar-refractivity contribution in [3.05, 3.63) is 76.5 Å². The Morgan fingerprint density at radius 2 is 1.97 bits per heavy atom. The van der Waals surface area contributed by atoms with Crippen LogP contribution in [0.3, 0.4) is 0 Å². The number of rotatable bonds is 5. The van der Waals surface area contributed by atoms with E-state index in [9.17, 15) is 14.0 Å². The average molecular weight is 433 g/mol. The Bertz CT molecular complexity index is 1360. The molecule has 0 unspecified atom stereocenters. The number of benzene rings is 2. The van der Waals surface area contributed by atoms with Gasteiger partial charge in [0.15, 0.2) is 5.52 Å². The van der Waals surface area contributed by atoms with Gasteiger partial charge in [-0.15, -0.1) is 5.10 Å². The molecule has 2 aromatic heterocycles. The number of aromatic amines is 1. The van der Waals surface area contributed by atoms with Gasteiger partial charge in [0.2, 0.25) is 0 Å². The predicted molar refractivity (Wildman–Crippen MR) is 117 cm³/mol. The van der Waals surface area contributed by atoms with Gasteiger partial charge in [-0.2, -0.15) is 0 Å². The van der Waals surface area contributed by atoms with Crippen LogP contribution in [0.1, 0.15) is 18.9 Å². The second-order valence-corrected chi connectivity index (χ2v) is 7.67. The van der Waals surface area contributed by atoms with Gasteiger partial charge in [-0.25, -0.2) is 13.9 Å². The molecule has 1 amide bonds. The first-order chi connectivity index (χ1) is 15.5. The van der Waals surface area contributed by atoms with E-state index in [2.05, 4.69) is 15.3 Å². The number of hydrogen-bond acceptors (Lipinski definition) is 5. The molecule has 1 N–H and O–H groups in total. The lowest BCUT2D eigenvalue weighted by atomic mass is 10.0. The molecule has 0 saturated carbocycles. The molecule has 8 nitrogen and oxygen atoms in total. The minimum atomic E-state index is -0.448. The Hall–Kier alpha value is -4.01. The third kappa shape index (κ3) is 3.51. The molecule has 3 heterocycles. The molecule has 9 heteroatoms. The highest BCUT2D eigenvalue weighted by Crippen LogP contribution is 2.29. The van der Waals surface area contributed by atoms with Crippen molar-refractivity contribution in [2.75, 3.05) is 11.4 Å². The number of amides is 1. The fraction of sp³-hybridized carbons (Fsp3) is 0.217. The Balaban J connectivity index is 1.36. The number of carbonyl (C=O) groups is 1. The summed E-state index contributed by atoms with van der Waals surface area (Å²) in [7, 11) is 0. The molecule has 5 rings (SSSR count). The number of anilines is 1. The first kappa shape index (κ1) is 19.9. The minimum Gasteiger partial charge on any atom is -0.444 e. The SMILES string of the molecule is CC[C@H]1CN(c2ccc(-c3ccc(Cn4nnc5c(=O)[nH]ccc54)cc3)c(F)c2)C(=O)O1. The van der Waals surface area contributed by atoms with Crippen LogP contribution in [-0.2, 0) is 11.3 Å². The van der Waals surface area contributed by atoms with Gasteiger partial charge in [0.1, 0.15) is 11.9 Å². The molecule has 1 atom stereocenters. The van der Waals surface area contributed by atoms with E-state index in [1.54, 1.807) is 29.1 Å². The number of hydrogen-bond donors (Lipinski definition) is 1. The third-order valence-electron chi connectivity index (χ3n) is 5.64. The van der Waals surface area contributed by atoms with Crippen LogP contribution < -0.4 is 10.5 Å². The van der Waals surface area contributed by atoms with Crippen molar-refractivity contribution >= 4 is 22.8 Å². The normalized spacial score (nSPS) is 16.0. The number of fused-ring (bicyclic) bond motifs is 1. The molecule has 1 aliphatic rings. The van der Waals surface area contributed by atoms with Gasteiger partial charge >= 0.3 is 6.09 Å². The lowest BCUT2D eigenvalue weighted by Crippen LogP contribution is -2.24. The summed E-state index contributed by atoms with van der Waals surface area (Å²) in [4.78, 5) is 27.9.